The zero-order valence-electron chi connectivity index (χ0n) is 18.1. The van der Waals surface area contributed by atoms with Crippen LogP contribution >= 0.6 is 0 Å². The van der Waals surface area contributed by atoms with Crippen molar-refractivity contribution in [2.45, 2.75) is 26.0 Å². The smallest absolute Gasteiger partial charge is 0.203 e. The molecule has 30 heavy (non-hydrogen) atoms. The summed E-state index contributed by atoms with van der Waals surface area (Å²) in [4.78, 5) is 4.23. The van der Waals surface area contributed by atoms with Crippen molar-refractivity contribution in [2.24, 2.45) is 4.99 Å². The highest BCUT2D eigenvalue weighted by atomic mass is 19.1. The first-order valence-electron chi connectivity index (χ1n) is 9.70. The number of methoxy groups -OCH3 is 3. The van der Waals surface area contributed by atoms with Crippen LogP contribution < -0.4 is 29.6 Å². The molecular formula is C22H30FN3O4. The molecule has 0 aliphatic heterocycles. The number of nitrogens with zero attached hydrogens (tertiary/aromatic N) is 1. The van der Waals surface area contributed by atoms with Gasteiger partial charge >= 0.3 is 0 Å². The van der Waals surface area contributed by atoms with E-state index < -0.39 is 0 Å². The van der Waals surface area contributed by atoms with Crippen LogP contribution in [0.1, 0.15) is 18.9 Å². The summed E-state index contributed by atoms with van der Waals surface area (Å²) in [6.07, 6.45) is 0.507. The number of halogens is 1. The summed E-state index contributed by atoms with van der Waals surface area (Å²) in [5, 5.41) is 6.45. The second-order valence-corrected chi connectivity index (χ2v) is 6.42. The van der Waals surface area contributed by atoms with Gasteiger partial charge < -0.3 is 29.6 Å². The third kappa shape index (κ3) is 6.17. The van der Waals surface area contributed by atoms with Crippen molar-refractivity contribution in [3.63, 3.8) is 0 Å². The number of hydrogen-bond acceptors (Lipinski definition) is 5. The number of nitrogens with one attached hydrogen (secondary N) is 2. The molecule has 0 amide bonds. The average molecular weight is 419 g/mol. The number of para-hydroxylation sites is 1. The predicted octanol–water partition coefficient (Wildman–Crippen LogP) is 3.37. The Balaban J connectivity index is 1.97. The van der Waals surface area contributed by atoms with Gasteiger partial charge in [0.2, 0.25) is 5.75 Å². The second-order valence-electron chi connectivity index (χ2n) is 6.42. The first-order valence-corrected chi connectivity index (χ1v) is 9.70. The Morgan fingerprint density at radius 2 is 1.67 bits per heavy atom. The summed E-state index contributed by atoms with van der Waals surface area (Å²) < 4.78 is 35.7. The summed E-state index contributed by atoms with van der Waals surface area (Å²) in [6.45, 7) is 2.94. The standard InChI is InChI=1S/C22H30FN3O4/c1-6-16(30-18-10-8-7-9-17(18)23)14-26-22(24-2)25-13-15-11-19(27-3)21(29-5)20(12-15)28-4/h7-12,16H,6,13-14H2,1-5H3,(H2,24,25,26). The summed E-state index contributed by atoms with van der Waals surface area (Å²) in [5.74, 6) is 2.18. The topological polar surface area (TPSA) is 73.3 Å². The van der Waals surface area contributed by atoms with Gasteiger partial charge in [-0.1, -0.05) is 19.1 Å². The molecule has 0 spiro atoms. The lowest BCUT2D eigenvalue weighted by atomic mass is 10.2. The van der Waals surface area contributed by atoms with Crippen LogP contribution in [0.2, 0.25) is 0 Å². The molecule has 0 bridgehead atoms. The first-order chi connectivity index (χ1) is 14.6. The molecule has 2 aromatic carbocycles. The van der Waals surface area contributed by atoms with E-state index in [0.717, 1.165) is 5.56 Å². The first kappa shape index (κ1) is 23.1. The minimum absolute atomic E-state index is 0.207. The minimum Gasteiger partial charge on any atom is -0.493 e. The fraction of sp³-hybridized carbons (Fsp3) is 0.409. The van der Waals surface area contributed by atoms with Crippen LogP contribution in [0.4, 0.5) is 4.39 Å². The van der Waals surface area contributed by atoms with Crippen LogP contribution in [-0.4, -0.2) is 47.0 Å². The molecule has 2 N–H and O–H groups in total. The highest BCUT2D eigenvalue weighted by Crippen LogP contribution is 2.38. The zero-order chi connectivity index (χ0) is 21.9. The van der Waals surface area contributed by atoms with E-state index in [9.17, 15) is 4.39 Å². The highest BCUT2D eigenvalue weighted by molar-refractivity contribution is 5.79. The second kappa shape index (κ2) is 11.7. The van der Waals surface area contributed by atoms with Crippen LogP contribution in [0.5, 0.6) is 23.0 Å². The van der Waals surface area contributed by atoms with Gasteiger partial charge in [0.1, 0.15) is 6.10 Å². The molecule has 0 saturated carbocycles. The lowest BCUT2D eigenvalue weighted by Gasteiger charge is -2.20. The van der Waals surface area contributed by atoms with E-state index in [1.807, 2.05) is 19.1 Å². The molecule has 0 aliphatic carbocycles. The third-order valence-corrected chi connectivity index (χ3v) is 4.49. The van der Waals surface area contributed by atoms with Gasteiger partial charge in [-0.3, -0.25) is 4.99 Å². The Labute approximate surface area is 177 Å². The maximum absolute atomic E-state index is 13.8. The normalized spacial score (nSPS) is 12.1. The number of ether oxygens (including phenoxy) is 4. The van der Waals surface area contributed by atoms with Gasteiger partial charge in [0.15, 0.2) is 29.0 Å². The number of hydrogen-bond donors (Lipinski definition) is 2. The molecule has 0 heterocycles. The summed E-state index contributed by atoms with van der Waals surface area (Å²) >= 11 is 0. The fourth-order valence-electron chi connectivity index (χ4n) is 2.84. The van der Waals surface area contributed by atoms with Crippen LogP contribution in [0.15, 0.2) is 41.4 Å². The Morgan fingerprint density at radius 3 is 2.20 bits per heavy atom. The summed E-state index contributed by atoms with van der Waals surface area (Å²) in [5.41, 5.74) is 0.932. The molecule has 164 valence electrons. The largest absolute Gasteiger partial charge is 0.493 e. The number of aliphatic imine (C=N–C) groups is 1. The van der Waals surface area contributed by atoms with Crippen molar-refractivity contribution < 1.29 is 23.3 Å². The fourth-order valence-corrected chi connectivity index (χ4v) is 2.84. The number of benzene rings is 2. The van der Waals surface area contributed by atoms with Gasteiger partial charge in [0.25, 0.3) is 0 Å². The van der Waals surface area contributed by atoms with Crippen molar-refractivity contribution in [3.05, 3.63) is 47.8 Å². The molecule has 2 rings (SSSR count). The lowest BCUT2D eigenvalue weighted by Crippen LogP contribution is -2.42. The van der Waals surface area contributed by atoms with Crippen LogP contribution in [0, 0.1) is 5.82 Å². The van der Waals surface area contributed by atoms with Crippen molar-refractivity contribution in [1.29, 1.82) is 0 Å². The average Bonchev–Trinajstić information content (AvgIpc) is 2.78. The molecule has 1 atom stereocenters. The molecule has 0 radical (unpaired) electrons. The molecule has 0 aliphatic rings. The summed E-state index contributed by atoms with van der Waals surface area (Å²) in [6, 6.07) is 10.1. The predicted molar refractivity (Wildman–Crippen MR) is 115 cm³/mol. The van der Waals surface area contributed by atoms with Crippen LogP contribution in [-0.2, 0) is 6.54 Å². The van der Waals surface area contributed by atoms with E-state index in [1.54, 1.807) is 46.6 Å². The Kier molecular flexibility index (Phi) is 9.05. The third-order valence-electron chi connectivity index (χ3n) is 4.49. The molecule has 0 saturated heterocycles. The van der Waals surface area contributed by atoms with Gasteiger partial charge in [-0.25, -0.2) is 4.39 Å². The summed E-state index contributed by atoms with van der Waals surface area (Å²) in [7, 11) is 6.41. The number of rotatable bonds is 10. The highest BCUT2D eigenvalue weighted by Gasteiger charge is 2.14. The lowest BCUT2D eigenvalue weighted by molar-refractivity contribution is 0.191. The molecular weight excluding hydrogens is 389 g/mol. The van der Waals surface area contributed by atoms with Gasteiger partial charge in [0, 0.05) is 13.6 Å². The van der Waals surface area contributed by atoms with E-state index in [-0.39, 0.29) is 17.7 Å². The Bertz CT molecular complexity index is 820. The Morgan fingerprint density at radius 1 is 1.00 bits per heavy atom. The Hall–Kier alpha value is -3.16. The van der Waals surface area contributed by atoms with E-state index in [0.29, 0.717) is 42.7 Å². The molecule has 0 aromatic heterocycles. The molecule has 1 unspecified atom stereocenters. The van der Waals surface area contributed by atoms with E-state index in [2.05, 4.69) is 15.6 Å². The van der Waals surface area contributed by atoms with Crippen molar-refractivity contribution in [2.75, 3.05) is 34.9 Å². The molecule has 8 heteroatoms. The SMILES string of the molecule is CCC(CNC(=NC)NCc1cc(OC)c(OC)c(OC)c1)Oc1ccccc1F. The van der Waals surface area contributed by atoms with Crippen molar-refractivity contribution in [1.82, 2.24) is 10.6 Å². The van der Waals surface area contributed by atoms with Crippen LogP contribution in [0.25, 0.3) is 0 Å². The van der Waals surface area contributed by atoms with Crippen molar-refractivity contribution in [3.8, 4) is 23.0 Å². The quantitative estimate of drug-likeness (QED) is 0.454. The minimum atomic E-state index is -0.374. The number of guanidine groups is 1. The van der Waals surface area contributed by atoms with E-state index in [4.69, 9.17) is 18.9 Å². The van der Waals surface area contributed by atoms with Gasteiger partial charge in [-0.15, -0.1) is 0 Å². The molecule has 2 aromatic rings. The van der Waals surface area contributed by atoms with Gasteiger partial charge in [-0.05, 0) is 36.2 Å². The monoisotopic (exact) mass is 419 g/mol. The molecule has 0 fully saturated rings. The van der Waals surface area contributed by atoms with Crippen LogP contribution in [0.3, 0.4) is 0 Å². The van der Waals surface area contributed by atoms with Crippen molar-refractivity contribution >= 4 is 5.96 Å². The van der Waals surface area contributed by atoms with E-state index >= 15 is 0 Å². The van der Waals surface area contributed by atoms with E-state index in [1.165, 1.54) is 6.07 Å². The van der Waals surface area contributed by atoms with Gasteiger partial charge in [0.05, 0.1) is 27.9 Å². The van der Waals surface area contributed by atoms with Gasteiger partial charge in [-0.2, -0.15) is 0 Å². The molecule has 7 nitrogen and oxygen atoms in total. The maximum Gasteiger partial charge on any atom is 0.203 e. The maximum atomic E-state index is 13.8. The zero-order valence-corrected chi connectivity index (χ0v) is 18.1.